The van der Waals surface area contributed by atoms with Crippen LogP contribution >= 0.6 is 0 Å². The van der Waals surface area contributed by atoms with Crippen LogP contribution in [0.1, 0.15) is 60.3 Å². The Hall–Kier alpha value is 0.665. The Kier molecular flexibility index (Phi) is 18.0. The Labute approximate surface area is 292 Å². The van der Waals surface area contributed by atoms with E-state index in [1.807, 2.05) is 26.2 Å². The summed E-state index contributed by atoms with van der Waals surface area (Å²) in [5, 5.41) is 0. The lowest BCUT2D eigenvalue weighted by molar-refractivity contribution is -0.131. The van der Waals surface area contributed by atoms with Crippen molar-refractivity contribution in [1.82, 2.24) is 0 Å². The normalized spacial score (nSPS) is 16.9. The van der Waals surface area contributed by atoms with Gasteiger partial charge in [-0.2, -0.15) is 0 Å². The molecule has 0 N–H and O–H groups in total. The van der Waals surface area contributed by atoms with Gasteiger partial charge in [-0.25, -0.2) is 4.79 Å². The molecule has 0 aromatic rings. The molecular weight excluding hydrogens is 717 g/mol. The van der Waals surface area contributed by atoms with Gasteiger partial charge in [0.05, 0.1) is 0 Å². The highest BCUT2D eigenvalue weighted by Gasteiger charge is 2.56. The quantitative estimate of drug-likeness (QED) is 0.0741. The molecule has 17 heteroatoms. The maximum absolute atomic E-state index is 12.6. The largest absolute Gasteiger partial charge is 0.491 e. The molecule has 46 heavy (non-hydrogen) atoms. The minimum absolute atomic E-state index is 0.0865. The summed E-state index contributed by atoms with van der Waals surface area (Å²) in [5.41, 5.74) is 0.173. The summed E-state index contributed by atoms with van der Waals surface area (Å²) in [6, 6.07) is 1.14. The van der Waals surface area contributed by atoms with Crippen LogP contribution in [0.2, 0.25) is 109 Å². The van der Waals surface area contributed by atoms with Gasteiger partial charge in [-0.15, -0.1) is 0 Å². The Morgan fingerprint density at radius 1 is 0.565 bits per heavy atom. The van der Waals surface area contributed by atoms with Crippen molar-refractivity contribution >= 4 is 74.2 Å². The SMILES string of the molecule is C=CC(=O)O[Si](O[Si](C)(C)O[Si](C)(C)O[Si](C)(C)O[Si](C)(C)O[Si](C)(C)O[Si](C)(C)O[Si](C)(C)CCCC)(C(C)CC)C(C)CC. The summed E-state index contributed by atoms with van der Waals surface area (Å²) in [6.07, 6.45) is 5.26. The zero-order valence-electron chi connectivity index (χ0n) is 33.1. The van der Waals surface area contributed by atoms with Crippen LogP contribution in [0.5, 0.6) is 0 Å². The topological polar surface area (TPSA) is 90.9 Å². The Morgan fingerprint density at radius 2 is 0.870 bits per heavy atom. The van der Waals surface area contributed by atoms with E-state index in [4.69, 9.17) is 33.2 Å². The molecule has 0 heterocycles. The van der Waals surface area contributed by atoms with Crippen LogP contribution in [0.3, 0.4) is 0 Å². The monoisotopic (exact) mass is 788 g/mol. The third-order valence-electron chi connectivity index (χ3n) is 7.54. The van der Waals surface area contributed by atoms with Gasteiger partial charge in [0, 0.05) is 17.2 Å². The second-order valence-electron chi connectivity index (χ2n) is 15.9. The van der Waals surface area contributed by atoms with Crippen molar-refractivity contribution in [3.05, 3.63) is 12.7 Å². The molecule has 0 aliphatic rings. The van der Waals surface area contributed by atoms with Gasteiger partial charge in [0.15, 0.2) is 8.32 Å². The third kappa shape index (κ3) is 17.1. The number of rotatable bonds is 23. The van der Waals surface area contributed by atoms with E-state index < -0.39 is 74.2 Å². The van der Waals surface area contributed by atoms with E-state index in [1.54, 1.807) is 0 Å². The number of hydrogen-bond acceptors (Lipinski definition) is 9. The van der Waals surface area contributed by atoms with Crippen LogP contribution < -0.4 is 0 Å². The van der Waals surface area contributed by atoms with E-state index in [2.05, 4.69) is 107 Å². The fraction of sp³-hybridized carbons (Fsp3) is 0.897. The molecule has 2 atom stereocenters. The van der Waals surface area contributed by atoms with Crippen LogP contribution in [0.4, 0.5) is 0 Å². The van der Waals surface area contributed by atoms with Gasteiger partial charge in [-0.05, 0) is 97.7 Å². The summed E-state index contributed by atoms with van der Waals surface area (Å²) in [6.45, 7) is 43.8. The lowest BCUT2D eigenvalue weighted by Crippen LogP contribution is -2.63. The predicted molar refractivity (Wildman–Crippen MR) is 211 cm³/mol. The van der Waals surface area contributed by atoms with Gasteiger partial charge in [0.25, 0.3) is 0 Å². The number of hydrogen-bond donors (Lipinski definition) is 0. The predicted octanol–water partition coefficient (Wildman–Crippen LogP) is 10.1. The maximum atomic E-state index is 12.6. The first-order chi connectivity index (χ1) is 20.4. The van der Waals surface area contributed by atoms with Crippen molar-refractivity contribution in [2.45, 2.75) is 169 Å². The first-order valence-electron chi connectivity index (χ1n) is 17.2. The fourth-order valence-corrected chi connectivity index (χ4v) is 48.1. The van der Waals surface area contributed by atoms with Crippen molar-refractivity contribution in [2.75, 3.05) is 0 Å². The molecule has 0 radical (unpaired) electrons. The first-order valence-corrected chi connectivity index (χ1v) is 39.2. The average molecular weight is 790 g/mol. The van der Waals surface area contributed by atoms with Gasteiger partial charge < -0.3 is 33.2 Å². The van der Waals surface area contributed by atoms with Gasteiger partial charge >= 0.3 is 65.9 Å². The molecule has 0 fully saturated rings. The highest BCUT2D eigenvalue weighted by molar-refractivity contribution is 6.92. The molecule has 0 amide bonds. The van der Waals surface area contributed by atoms with Crippen LogP contribution in [-0.4, -0.2) is 74.2 Å². The molecule has 0 aliphatic heterocycles. The summed E-state index contributed by atoms with van der Waals surface area (Å²) >= 11 is 0. The molecule has 0 aliphatic carbocycles. The van der Waals surface area contributed by atoms with Crippen LogP contribution in [0, 0.1) is 0 Å². The highest BCUT2D eigenvalue weighted by Crippen LogP contribution is 2.42. The van der Waals surface area contributed by atoms with Gasteiger partial charge in [0.2, 0.25) is 0 Å². The van der Waals surface area contributed by atoms with Crippen molar-refractivity contribution in [1.29, 1.82) is 0 Å². The van der Waals surface area contributed by atoms with Gasteiger partial charge in [-0.3, -0.25) is 0 Å². The van der Waals surface area contributed by atoms with Gasteiger partial charge in [0.1, 0.15) is 0 Å². The van der Waals surface area contributed by atoms with E-state index in [9.17, 15) is 4.79 Å². The average Bonchev–Trinajstić information content (AvgIpc) is 2.80. The third-order valence-corrected chi connectivity index (χ3v) is 40.3. The second-order valence-corrected chi connectivity index (χ2v) is 46.1. The van der Waals surface area contributed by atoms with E-state index in [0.29, 0.717) is 0 Å². The number of carbonyl (C=O) groups excluding carboxylic acids is 1. The summed E-state index contributed by atoms with van der Waals surface area (Å²) in [4.78, 5) is 12.6. The van der Waals surface area contributed by atoms with Crippen LogP contribution in [-0.2, 0) is 38.0 Å². The summed E-state index contributed by atoms with van der Waals surface area (Å²) < 4.78 is 53.8. The molecule has 0 bridgehead atoms. The minimum atomic E-state index is -3.05. The molecule has 2 unspecified atom stereocenters. The zero-order valence-corrected chi connectivity index (χ0v) is 41.1. The Morgan fingerprint density at radius 3 is 1.15 bits per heavy atom. The number of unbranched alkanes of at least 4 members (excludes halogenated alkanes) is 1. The molecule has 274 valence electrons. The van der Waals surface area contributed by atoms with Gasteiger partial charge in [-0.1, -0.05) is 66.9 Å². The lowest BCUT2D eigenvalue weighted by Gasteiger charge is -2.46. The standard InChI is InChI=1S/C29H72O9Si8/c1-21-25-26-39(7,8)32-40(9,10)33-41(11,12)34-42(13,14)35-43(15,16)36-44(17,18)37-45(19,20)38-46(27(5)22-2,28(6)23-3)31-29(30)24-4/h24,27-28H,4,21-23,25-26H2,1-3,5-20H3. The molecule has 0 spiro atoms. The minimum Gasteiger partial charge on any atom is -0.491 e. The maximum Gasteiger partial charge on any atom is 0.398 e. The zero-order chi connectivity index (χ0) is 36.6. The highest BCUT2D eigenvalue weighted by atomic mass is 28.5. The van der Waals surface area contributed by atoms with Crippen molar-refractivity contribution < 1.29 is 38.0 Å². The molecule has 9 nitrogen and oxygen atoms in total. The molecule has 0 aromatic heterocycles. The van der Waals surface area contributed by atoms with Crippen LogP contribution in [0.15, 0.2) is 12.7 Å². The molecule has 0 saturated heterocycles. The molecule has 0 rings (SSSR count). The van der Waals surface area contributed by atoms with E-state index >= 15 is 0 Å². The molecule has 0 saturated carbocycles. The van der Waals surface area contributed by atoms with Crippen LogP contribution in [0.25, 0.3) is 0 Å². The smallest absolute Gasteiger partial charge is 0.398 e. The van der Waals surface area contributed by atoms with Crippen molar-refractivity contribution in [3.8, 4) is 0 Å². The molecular formula is C29H72O9Si8. The fourth-order valence-electron chi connectivity index (χ4n) is 6.46. The van der Waals surface area contributed by atoms with Crippen molar-refractivity contribution in [3.63, 3.8) is 0 Å². The number of carbonyl (C=O) groups is 1. The van der Waals surface area contributed by atoms with Crippen molar-refractivity contribution in [2.24, 2.45) is 0 Å². The van der Waals surface area contributed by atoms with E-state index in [0.717, 1.165) is 18.9 Å². The first kappa shape index (κ1) is 46.7. The summed E-state index contributed by atoms with van der Waals surface area (Å²) in [7, 11) is -20.9. The lowest BCUT2D eigenvalue weighted by atomic mass is 10.4. The molecule has 0 aromatic carbocycles. The summed E-state index contributed by atoms with van der Waals surface area (Å²) in [5.74, 6) is -0.436. The Balaban J connectivity index is 5.84. The van der Waals surface area contributed by atoms with E-state index in [-0.39, 0.29) is 11.1 Å². The Bertz CT molecular complexity index is 964. The van der Waals surface area contributed by atoms with E-state index in [1.165, 1.54) is 18.9 Å². The second kappa shape index (κ2) is 17.7.